The van der Waals surface area contributed by atoms with E-state index < -0.39 is 30.8 Å². The Hall–Kier alpha value is -2.09. The van der Waals surface area contributed by atoms with Crippen molar-refractivity contribution in [3.8, 4) is 0 Å². The molecule has 2 amide bonds. The quantitative estimate of drug-likeness (QED) is 0.661. The summed E-state index contributed by atoms with van der Waals surface area (Å²) in [4.78, 5) is 25.8. The molecule has 1 rings (SSSR count). The van der Waals surface area contributed by atoms with E-state index in [1.54, 1.807) is 0 Å². The van der Waals surface area contributed by atoms with Crippen molar-refractivity contribution in [1.29, 1.82) is 0 Å². The third-order valence-corrected chi connectivity index (χ3v) is 2.09. The molecule has 1 heterocycles. The molecule has 0 spiro atoms. The van der Waals surface area contributed by atoms with Crippen molar-refractivity contribution < 1.29 is 18.4 Å². The van der Waals surface area contributed by atoms with Gasteiger partial charge in [0.25, 0.3) is 11.8 Å². The minimum atomic E-state index is -3.16. The zero-order valence-electron chi connectivity index (χ0n) is 9.32. The fourth-order valence-electron chi connectivity index (χ4n) is 1.05. The molecule has 0 radical (unpaired) electrons. The van der Waals surface area contributed by atoms with Crippen molar-refractivity contribution in [1.82, 2.24) is 10.3 Å². The third kappa shape index (κ3) is 3.74. The maximum atomic E-state index is 12.8. The van der Waals surface area contributed by atoms with E-state index in [2.05, 4.69) is 4.98 Å². The molecule has 0 aliphatic heterocycles. The highest BCUT2D eigenvalue weighted by atomic mass is 19.3. The molecule has 8 heteroatoms. The van der Waals surface area contributed by atoms with Crippen LogP contribution in [0.1, 0.15) is 20.8 Å². The van der Waals surface area contributed by atoms with Gasteiger partial charge in [-0.15, -0.1) is 0 Å². The molecular weight excluding hydrogens is 246 g/mol. The van der Waals surface area contributed by atoms with Gasteiger partial charge < -0.3 is 16.8 Å². The molecule has 0 unspecified atom stereocenters. The Bertz CT molecular complexity index is 448. The highest BCUT2D eigenvalue weighted by Crippen LogP contribution is 2.09. The number of carbonyl (C=O) groups is 2. The predicted octanol–water partition coefficient (Wildman–Crippen LogP) is -0.496. The predicted molar refractivity (Wildman–Crippen MR) is 59.1 cm³/mol. The van der Waals surface area contributed by atoms with Gasteiger partial charge in [-0.1, -0.05) is 0 Å². The lowest BCUT2D eigenvalue weighted by atomic mass is 10.2. The second-order valence-electron chi connectivity index (χ2n) is 3.54. The summed E-state index contributed by atoms with van der Waals surface area (Å²) in [5, 5.41) is 1.99. The van der Waals surface area contributed by atoms with Crippen LogP contribution >= 0.6 is 0 Å². The lowest BCUT2D eigenvalue weighted by molar-refractivity contribution is 0.0118. The molecule has 0 saturated carbocycles. The SMILES string of the molecule is NCC(F)(F)CNC(=O)c1ccc(C(N)=O)cn1. The van der Waals surface area contributed by atoms with Crippen molar-refractivity contribution in [2.75, 3.05) is 13.1 Å². The van der Waals surface area contributed by atoms with Crippen LogP contribution < -0.4 is 16.8 Å². The Morgan fingerprint density at radius 3 is 2.50 bits per heavy atom. The molecule has 5 N–H and O–H groups in total. The van der Waals surface area contributed by atoms with Crippen LogP contribution in [0.15, 0.2) is 18.3 Å². The highest BCUT2D eigenvalue weighted by molar-refractivity contribution is 5.95. The van der Waals surface area contributed by atoms with Gasteiger partial charge in [-0.2, -0.15) is 0 Å². The monoisotopic (exact) mass is 258 g/mol. The smallest absolute Gasteiger partial charge is 0.277 e. The number of nitrogens with two attached hydrogens (primary N) is 2. The zero-order valence-corrected chi connectivity index (χ0v) is 9.32. The first-order chi connectivity index (χ1) is 8.35. The number of primary amides is 1. The average Bonchev–Trinajstić information content (AvgIpc) is 2.36. The van der Waals surface area contributed by atoms with Crippen LogP contribution in [0.3, 0.4) is 0 Å². The van der Waals surface area contributed by atoms with E-state index in [0.717, 1.165) is 6.20 Å². The number of hydrogen-bond donors (Lipinski definition) is 3. The van der Waals surface area contributed by atoms with E-state index in [1.165, 1.54) is 12.1 Å². The van der Waals surface area contributed by atoms with Gasteiger partial charge in [0.15, 0.2) is 0 Å². The Morgan fingerprint density at radius 2 is 2.06 bits per heavy atom. The highest BCUT2D eigenvalue weighted by Gasteiger charge is 2.27. The largest absolute Gasteiger partial charge is 0.366 e. The van der Waals surface area contributed by atoms with E-state index in [4.69, 9.17) is 11.5 Å². The Morgan fingerprint density at radius 1 is 1.39 bits per heavy atom. The van der Waals surface area contributed by atoms with E-state index in [1.807, 2.05) is 5.32 Å². The Kier molecular flexibility index (Phi) is 4.27. The maximum Gasteiger partial charge on any atom is 0.277 e. The van der Waals surface area contributed by atoms with Crippen molar-refractivity contribution in [2.45, 2.75) is 5.92 Å². The molecule has 0 aliphatic carbocycles. The van der Waals surface area contributed by atoms with Crippen LogP contribution in [-0.2, 0) is 0 Å². The summed E-state index contributed by atoms with van der Waals surface area (Å²) in [5.74, 6) is -4.63. The second kappa shape index (κ2) is 5.50. The van der Waals surface area contributed by atoms with Gasteiger partial charge in [0.05, 0.1) is 18.7 Å². The van der Waals surface area contributed by atoms with Gasteiger partial charge in [-0.05, 0) is 12.1 Å². The third-order valence-electron chi connectivity index (χ3n) is 2.09. The van der Waals surface area contributed by atoms with Crippen LogP contribution in [-0.4, -0.2) is 35.8 Å². The molecule has 0 atom stereocenters. The van der Waals surface area contributed by atoms with Crippen LogP contribution in [0.25, 0.3) is 0 Å². The number of rotatable bonds is 5. The molecule has 6 nitrogen and oxygen atoms in total. The molecule has 0 saturated heterocycles. The van der Waals surface area contributed by atoms with Gasteiger partial charge in [0, 0.05) is 6.20 Å². The molecule has 0 aliphatic rings. The average molecular weight is 258 g/mol. The van der Waals surface area contributed by atoms with E-state index in [0.29, 0.717) is 0 Å². The molecule has 1 aromatic heterocycles. The Balaban J connectivity index is 2.65. The van der Waals surface area contributed by atoms with Crippen LogP contribution in [0, 0.1) is 0 Å². The summed E-state index contributed by atoms with van der Waals surface area (Å²) >= 11 is 0. The van der Waals surface area contributed by atoms with E-state index in [-0.39, 0.29) is 11.3 Å². The second-order valence-corrected chi connectivity index (χ2v) is 3.54. The Labute approximate surface area is 101 Å². The maximum absolute atomic E-state index is 12.8. The summed E-state index contributed by atoms with van der Waals surface area (Å²) in [6.45, 7) is -1.73. The summed E-state index contributed by atoms with van der Waals surface area (Å²) in [5.41, 5.74) is 9.83. The summed E-state index contributed by atoms with van der Waals surface area (Å²) in [7, 11) is 0. The summed E-state index contributed by atoms with van der Waals surface area (Å²) in [6, 6.07) is 2.50. The van der Waals surface area contributed by atoms with Crippen LogP contribution in [0.2, 0.25) is 0 Å². The first kappa shape index (κ1) is 14.0. The van der Waals surface area contributed by atoms with E-state index >= 15 is 0 Å². The fraction of sp³-hybridized carbons (Fsp3) is 0.300. The van der Waals surface area contributed by atoms with Crippen molar-refractivity contribution >= 4 is 11.8 Å². The van der Waals surface area contributed by atoms with E-state index in [9.17, 15) is 18.4 Å². The number of nitrogens with one attached hydrogen (secondary N) is 1. The zero-order chi connectivity index (χ0) is 13.8. The number of alkyl halides is 2. The fourth-order valence-corrected chi connectivity index (χ4v) is 1.05. The van der Waals surface area contributed by atoms with Gasteiger partial charge >= 0.3 is 0 Å². The van der Waals surface area contributed by atoms with Crippen molar-refractivity contribution in [2.24, 2.45) is 11.5 Å². The molecule has 18 heavy (non-hydrogen) atoms. The normalized spacial score (nSPS) is 11.1. The number of pyridine rings is 1. The van der Waals surface area contributed by atoms with Crippen molar-refractivity contribution in [3.05, 3.63) is 29.6 Å². The molecule has 1 aromatic rings. The number of halogens is 2. The standard InChI is InChI=1S/C10H12F2N4O2/c11-10(12,4-13)5-16-9(18)7-2-1-6(3-15-7)8(14)17/h1-3H,4-5,13H2,(H2,14,17)(H,16,18). The van der Waals surface area contributed by atoms with Crippen LogP contribution in [0.5, 0.6) is 0 Å². The first-order valence-electron chi connectivity index (χ1n) is 4.97. The molecular formula is C10H12F2N4O2. The van der Waals surface area contributed by atoms with Gasteiger partial charge in [-0.3, -0.25) is 14.6 Å². The molecule has 0 bridgehead atoms. The van der Waals surface area contributed by atoms with Gasteiger partial charge in [0.1, 0.15) is 5.69 Å². The lowest BCUT2D eigenvalue weighted by Crippen LogP contribution is -2.41. The van der Waals surface area contributed by atoms with Gasteiger partial charge in [0.2, 0.25) is 5.91 Å². The number of carbonyl (C=O) groups excluding carboxylic acids is 2. The lowest BCUT2D eigenvalue weighted by Gasteiger charge is -2.14. The first-order valence-corrected chi connectivity index (χ1v) is 4.97. The number of hydrogen-bond acceptors (Lipinski definition) is 4. The summed E-state index contributed by atoms with van der Waals surface area (Å²) in [6.07, 6.45) is 1.10. The number of amides is 2. The molecule has 98 valence electrons. The number of nitrogens with zero attached hydrogens (tertiary/aromatic N) is 1. The van der Waals surface area contributed by atoms with Crippen molar-refractivity contribution in [3.63, 3.8) is 0 Å². The minimum Gasteiger partial charge on any atom is -0.366 e. The molecule has 0 aromatic carbocycles. The van der Waals surface area contributed by atoms with Crippen LogP contribution in [0.4, 0.5) is 8.78 Å². The number of aromatic nitrogens is 1. The summed E-state index contributed by atoms with van der Waals surface area (Å²) < 4.78 is 25.6. The topological polar surface area (TPSA) is 111 Å². The minimum absolute atomic E-state index is 0.0900. The molecule has 0 fully saturated rings. The van der Waals surface area contributed by atoms with Gasteiger partial charge in [-0.25, -0.2) is 8.78 Å².